The smallest absolute Gasteiger partial charge is 0.335 e. The van der Waals surface area contributed by atoms with Gasteiger partial charge in [0.05, 0.1) is 11.1 Å². The van der Waals surface area contributed by atoms with Crippen molar-refractivity contribution in [2.45, 2.75) is 33.6 Å². The first kappa shape index (κ1) is 15.2. The van der Waals surface area contributed by atoms with E-state index in [-0.39, 0.29) is 24.0 Å². The second-order valence-corrected chi connectivity index (χ2v) is 4.66. The molecule has 0 saturated heterocycles. The van der Waals surface area contributed by atoms with Crippen molar-refractivity contribution in [1.29, 1.82) is 0 Å². The van der Waals surface area contributed by atoms with Crippen LogP contribution in [0.4, 0.5) is 0 Å². The third-order valence-corrected chi connectivity index (χ3v) is 2.29. The average Bonchev–Trinajstić information content (AvgIpc) is 2.15. The quantitative estimate of drug-likeness (QED) is 0.830. The molecule has 17 heavy (non-hydrogen) atoms. The van der Waals surface area contributed by atoms with Gasteiger partial charge in [-0.2, -0.15) is 0 Å². The van der Waals surface area contributed by atoms with Crippen molar-refractivity contribution in [2.75, 3.05) is 0 Å². The molecule has 1 aromatic carbocycles. The molecule has 1 aromatic rings. The van der Waals surface area contributed by atoms with Crippen molar-refractivity contribution < 1.29 is 19.8 Å². The molecule has 0 unspecified atom stereocenters. The van der Waals surface area contributed by atoms with Gasteiger partial charge in [0, 0.05) is 0 Å². The van der Waals surface area contributed by atoms with Gasteiger partial charge in [-0.3, -0.25) is 0 Å². The molecule has 0 aromatic heterocycles. The van der Waals surface area contributed by atoms with Crippen molar-refractivity contribution in [3.05, 3.63) is 34.9 Å². The number of carboxylic acids is 2. The Morgan fingerprint density at radius 3 is 1.53 bits per heavy atom. The summed E-state index contributed by atoms with van der Waals surface area (Å²) in [5, 5.41) is 17.8. The largest absolute Gasteiger partial charge is 0.478 e. The molecule has 0 heterocycles. The predicted molar refractivity (Wildman–Crippen MR) is 65.8 cm³/mol. The molecule has 4 heteroatoms. The fourth-order valence-corrected chi connectivity index (χ4v) is 1.31. The Morgan fingerprint density at radius 2 is 1.29 bits per heavy atom. The highest BCUT2D eigenvalue weighted by atomic mass is 16.4. The van der Waals surface area contributed by atoms with Crippen molar-refractivity contribution in [2.24, 2.45) is 0 Å². The van der Waals surface area contributed by atoms with E-state index in [2.05, 4.69) is 0 Å². The Hall–Kier alpha value is -1.84. The highest BCUT2D eigenvalue weighted by Gasteiger charge is 2.19. The first-order chi connectivity index (χ1) is 7.21. The van der Waals surface area contributed by atoms with Gasteiger partial charge < -0.3 is 10.2 Å². The van der Waals surface area contributed by atoms with E-state index < -0.39 is 11.9 Å². The zero-order valence-electron chi connectivity index (χ0n) is 9.44. The summed E-state index contributed by atoms with van der Waals surface area (Å²) in [6.45, 7) is 5.71. The molecule has 0 bridgehead atoms. The molecule has 0 radical (unpaired) electrons. The lowest BCUT2D eigenvalue weighted by atomic mass is 9.85. The topological polar surface area (TPSA) is 74.6 Å². The van der Waals surface area contributed by atoms with Crippen LogP contribution in [0.15, 0.2) is 18.2 Å². The van der Waals surface area contributed by atoms with Crippen LogP contribution in [0.2, 0.25) is 0 Å². The van der Waals surface area contributed by atoms with Gasteiger partial charge in [0.1, 0.15) is 0 Å². The van der Waals surface area contributed by atoms with Crippen molar-refractivity contribution >= 4 is 11.9 Å². The summed E-state index contributed by atoms with van der Waals surface area (Å²) in [5.41, 5.74) is 0.426. The van der Waals surface area contributed by atoms with Crippen LogP contribution in [-0.4, -0.2) is 22.2 Å². The third kappa shape index (κ3) is 3.59. The van der Waals surface area contributed by atoms with Crippen molar-refractivity contribution in [3.8, 4) is 0 Å². The van der Waals surface area contributed by atoms with Crippen LogP contribution in [0.5, 0.6) is 0 Å². The standard InChI is InChI=1S/C12H14O4.CH4/c1-12(2,3)9-5-7(10(13)14)4-8(6-9)11(15)16;/h4-6H,1-3H3,(H,13,14)(H,15,16);1H4. The fourth-order valence-electron chi connectivity index (χ4n) is 1.31. The van der Waals surface area contributed by atoms with E-state index in [1.807, 2.05) is 20.8 Å². The predicted octanol–water partition coefficient (Wildman–Crippen LogP) is 3.02. The van der Waals surface area contributed by atoms with E-state index >= 15 is 0 Å². The zero-order chi connectivity index (χ0) is 12.5. The number of hydrogen-bond acceptors (Lipinski definition) is 2. The van der Waals surface area contributed by atoms with Crippen LogP contribution < -0.4 is 0 Å². The molecule has 0 aliphatic rings. The van der Waals surface area contributed by atoms with Gasteiger partial charge in [-0.1, -0.05) is 28.2 Å². The van der Waals surface area contributed by atoms with Gasteiger partial charge >= 0.3 is 11.9 Å². The molecule has 0 aliphatic carbocycles. The number of carboxylic acid groups (broad SMARTS) is 2. The van der Waals surface area contributed by atoms with Crippen LogP contribution >= 0.6 is 0 Å². The van der Waals surface area contributed by atoms with Gasteiger partial charge in [-0.05, 0) is 29.2 Å². The molecular formula is C13H18O4. The molecule has 0 saturated carbocycles. The molecule has 4 nitrogen and oxygen atoms in total. The number of rotatable bonds is 2. The minimum absolute atomic E-state index is 0. The summed E-state index contributed by atoms with van der Waals surface area (Å²) in [6.07, 6.45) is 0. The summed E-state index contributed by atoms with van der Waals surface area (Å²) in [5.74, 6) is -2.23. The number of aromatic carboxylic acids is 2. The summed E-state index contributed by atoms with van der Waals surface area (Å²) in [6, 6.07) is 4.18. The Labute approximate surface area is 101 Å². The molecule has 0 fully saturated rings. The first-order valence-electron chi connectivity index (χ1n) is 4.84. The molecule has 2 N–H and O–H groups in total. The van der Waals surface area contributed by atoms with E-state index in [0.717, 1.165) is 0 Å². The van der Waals surface area contributed by atoms with Gasteiger partial charge in [-0.25, -0.2) is 9.59 Å². The highest BCUT2D eigenvalue weighted by Crippen LogP contribution is 2.24. The molecule has 94 valence electrons. The number of carbonyl (C=O) groups is 2. The zero-order valence-corrected chi connectivity index (χ0v) is 9.44. The molecule has 0 amide bonds. The van der Waals surface area contributed by atoms with Gasteiger partial charge in [0.2, 0.25) is 0 Å². The van der Waals surface area contributed by atoms with E-state index in [1.165, 1.54) is 18.2 Å². The van der Waals surface area contributed by atoms with Gasteiger partial charge in [0.25, 0.3) is 0 Å². The molecule has 0 spiro atoms. The summed E-state index contributed by atoms with van der Waals surface area (Å²) in [4.78, 5) is 21.7. The van der Waals surface area contributed by atoms with Crippen molar-refractivity contribution in [3.63, 3.8) is 0 Å². The Balaban J connectivity index is 0.00000256. The van der Waals surface area contributed by atoms with E-state index in [0.29, 0.717) is 5.56 Å². The van der Waals surface area contributed by atoms with Gasteiger partial charge in [-0.15, -0.1) is 0 Å². The van der Waals surface area contributed by atoms with Crippen LogP contribution in [0.25, 0.3) is 0 Å². The average molecular weight is 238 g/mol. The van der Waals surface area contributed by atoms with Crippen LogP contribution in [0, 0.1) is 0 Å². The van der Waals surface area contributed by atoms with Crippen LogP contribution in [0.1, 0.15) is 54.5 Å². The highest BCUT2D eigenvalue weighted by molar-refractivity contribution is 5.94. The molecule has 1 rings (SSSR count). The monoisotopic (exact) mass is 238 g/mol. The molecule has 0 aliphatic heterocycles. The Kier molecular flexibility index (Phi) is 4.45. The van der Waals surface area contributed by atoms with E-state index in [4.69, 9.17) is 10.2 Å². The third-order valence-electron chi connectivity index (χ3n) is 2.29. The first-order valence-corrected chi connectivity index (χ1v) is 4.84. The maximum atomic E-state index is 10.9. The van der Waals surface area contributed by atoms with Crippen LogP contribution in [0.3, 0.4) is 0 Å². The second kappa shape index (κ2) is 4.99. The Morgan fingerprint density at radius 1 is 0.941 bits per heavy atom. The maximum absolute atomic E-state index is 10.9. The fraction of sp³-hybridized carbons (Fsp3) is 0.385. The minimum Gasteiger partial charge on any atom is -0.478 e. The van der Waals surface area contributed by atoms with Crippen LogP contribution in [-0.2, 0) is 5.41 Å². The minimum atomic E-state index is -1.12. The lowest BCUT2D eigenvalue weighted by Gasteiger charge is -2.20. The van der Waals surface area contributed by atoms with E-state index in [9.17, 15) is 9.59 Å². The SMILES string of the molecule is C.CC(C)(C)c1cc(C(=O)O)cc(C(=O)O)c1. The van der Waals surface area contributed by atoms with Crippen molar-refractivity contribution in [1.82, 2.24) is 0 Å². The summed E-state index contributed by atoms with van der Waals surface area (Å²) in [7, 11) is 0. The number of benzene rings is 1. The van der Waals surface area contributed by atoms with E-state index in [1.54, 1.807) is 0 Å². The summed E-state index contributed by atoms with van der Waals surface area (Å²) >= 11 is 0. The second-order valence-electron chi connectivity index (χ2n) is 4.66. The molecular weight excluding hydrogens is 220 g/mol. The van der Waals surface area contributed by atoms with Gasteiger partial charge in [0.15, 0.2) is 0 Å². The Bertz CT molecular complexity index is 409. The number of hydrogen-bond donors (Lipinski definition) is 2. The normalized spacial score (nSPS) is 10.5. The lowest BCUT2D eigenvalue weighted by molar-refractivity contribution is 0.0696. The summed E-state index contributed by atoms with van der Waals surface area (Å²) < 4.78 is 0. The maximum Gasteiger partial charge on any atom is 0.335 e. The lowest BCUT2D eigenvalue weighted by Crippen LogP contribution is -2.14. The molecule has 0 atom stereocenters.